The zero-order valence-corrected chi connectivity index (χ0v) is 12.8. The number of amides is 2. The Labute approximate surface area is 121 Å². The number of piperidine rings is 1. The molecule has 0 aromatic heterocycles. The molecule has 2 aliphatic heterocycles. The SMILES string of the molecule is CC(=O)N1CCCN(CC(=O)N2CCC(C)CC2)CC1. The van der Waals surface area contributed by atoms with Crippen LogP contribution in [0.3, 0.4) is 0 Å². The van der Waals surface area contributed by atoms with Gasteiger partial charge < -0.3 is 9.80 Å². The van der Waals surface area contributed by atoms with E-state index >= 15 is 0 Å². The van der Waals surface area contributed by atoms with Crippen molar-refractivity contribution < 1.29 is 9.59 Å². The highest BCUT2D eigenvalue weighted by Crippen LogP contribution is 2.16. The molecule has 2 fully saturated rings. The number of likely N-dealkylation sites (tertiary alicyclic amines) is 1. The van der Waals surface area contributed by atoms with Crippen LogP contribution in [0.15, 0.2) is 0 Å². The second-order valence-corrected chi connectivity index (χ2v) is 6.20. The van der Waals surface area contributed by atoms with Crippen LogP contribution in [0.1, 0.15) is 33.1 Å². The summed E-state index contributed by atoms with van der Waals surface area (Å²) in [6.07, 6.45) is 3.22. The van der Waals surface area contributed by atoms with E-state index in [-0.39, 0.29) is 11.8 Å². The fourth-order valence-corrected chi connectivity index (χ4v) is 2.99. The fraction of sp³-hybridized carbons (Fsp3) is 0.867. The third-order valence-electron chi connectivity index (χ3n) is 4.53. The van der Waals surface area contributed by atoms with Crippen molar-refractivity contribution in [3.63, 3.8) is 0 Å². The fourth-order valence-electron chi connectivity index (χ4n) is 2.99. The molecule has 5 heteroatoms. The molecular weight excluding hydrogens is 254 g/mol. The summed E-state index contributed by atoms with van der Waals surface area (Å²) in [5.74, 6) is 1.15. The van der Waals surface area contributed by atoms with Gasteiger partial charge in [-0.15, -0.1) is 0 Å². The van der Waals surface area contributed by atoms with E-state index in [0.29, 0.717) is 6.54 Å². The van der Waals surface area contributed by atoms with E-state index in [1.54, 1.807) is 6.92 Å². The van der Waals surface area contributed by atoms with Gasteiger partial charge in [0.2, 0.25) is 11.8 Å². The molecule has 2 heterocycles. The molecule has 0 aromatic rings. The molecular formula is C15H27N3O2. The zero-order valence-electron chi connectivity index (χ0n) is 12.8. The molecule has 2 saturated heterocycles. The van der Waals surface area contributed by atoms with Crippen LogP contribution in [0.4, 0.5) is 0 Å². The van der Waals surface area contributed by atoms with E-state index < -0.39 is 0 Å². The van der Waals surface area contributed by atoms with Crippen molar-refractivity contribution in [3.05, 3.63) is 0 Å². The highest BCUT2D eigenvalue weighted by atomic mass is 16.2. The first kappa shape index (κ1) is 15.3. The van der Waals surface area contributed by atoms with Crippen LogP contribution < -0.4 is 0 Å². The Kier molecular flexibility index (Phi) is 5.40. The zero-order chi connectivity index (χ0) is 14.5. The van der Waals surface area contributed by atoms with E-state index in [2.05, 4.69) is 11.8 Å². The lowest BCUT2D eigenvalue weighted by Crippen LogP contribution is -2.44. The highest BCUT2D eigenvalue weighted by molar-refractivity contribution is 5.78. The van der Waals surface area contributed by atoms with Crippen molar-refractivity contribution in [2.24, 2.45) is 5.92 Å². The Bertz CT molecular complexity index is 351. The van der Waals surface area contributed by atoms with Gasteiger partial charge in [-0.05, 0) is 25.2 Å². The third-order valence-corrected chi connectivity index (χ3v) is 4.53. The third kappa shape index (κ3) is 4.20. The van der Waals surface area contributed by atoms with Crippen molar-refractivity contribution in [1.29, 1.82) is 0 Å². The molecule has 2 rings (SSSR count). The van der Waals surface area contributed by atoms with Crippen molar-refractivity contribution >= 4 is 11.8 Å². The maximum atomic E-state index is 12.3. The molecule has 0 radical (unpaired) electrons. The number of hydrogen-bond donors (Lipinski definition) is 0. The molecule has 0 bridgehead atoms. The van der Waals surface area contributed by atoms with Crippen LogP contribution in [-0.2, 0) is 9.59 Å². The standard InChI is InChI=1S/C15H27N3O2/c1-13-4-8-18(9-5-13)15(20)12-16-6-3-7-17(11-10-16)14(2)19/h13H,3-12H2,1-2H3. The molecule has 0 saturated carbocycles. The smallest absolute Gasteiger partial charge is 0.236 e. The van der Waals surface area contributed by atoms with Crippen LogP contribution >= 0.6 is 0 Å². The number of nitrogens with zero attached hydrogens (tertiary/aromatic N) is 3. The van der Waals surface area contributed by atoms with Crippen LogP contribution in [0.25, 0.3) is 0 Å². The summed E-state index contributed by atoms with van der Waals surface area (Å²) in [6.45, 7) is 9.51. The lowest BCUT2D eigenvalue weighted by Gasteiger charge is -2.32. The first-order valence-corrected chi connectivity index (χ1v) is 7.82. The van der Waals surface area contributed by atoms with E-state index in [1.165, 1.54) is 0 Å². The van der Waals surface area contributed by atoms with Gasteiger partial charge in [0.1, 0.15) is 0 Å². The van der Waals surface area contributed by atoms with Crippen molar-refractivity contribution in [2.45, 2.75) is 33.1 Å². The number of carbonyl (C=O) groups is 2. The Morgan fingerprint density at radius 3 is 2.30 bits per heavy atom. The number of hydrogen-bond acceptors (Lipinski definition) is 3. The highest BCUT2D eigenvalue weighted by Gasteiger charge is 2.23. The Hall–Kier alpha value is -1.10. The van der Waals surface area contributed by atoms with Crippen molar-refractivity contribution in [2.75, 3.05) is 45.8 Å². The summed E-state index contributed by atoms with van der Waals surface area (Å²) in [6, 6.07) is 0. The minimum atomic E-state index is 0.142. The summed E-state index contributed by atoms with van der Waals surface area (Å²) >= 11 is 0. The maximum absolute atomic E-state index is 12.3. The van der Waals surface area contributed by atoms with Crippen molar-refractivity contribution in [3.8, 4) is 0 Å². The average molecular weight is 281 g/mol. The van der Waals surface area contributed by atoms with E-state index in [0.717, 1.165) is 64.4 Å². The summed E-state index contributed by atoms with van der Waals surface area (Å²) in [5, 5.41) is 0. The van der Waals surface area contributed by atoms with E-state index in [9.17, 15) is 9.59 Å². The summed E-state index contributed by atoms with van der Waals surface area (Å²) in [5.41, 5.74) is 0. The van der Waals surface area contributed by atoms with Crippen molar-refractivity contribution in [1.82, 2.24) is 14.7 Å². The molecule has 0 aromatic carbocycles. The largest absolute Gasteiger partial charge is 0.342 e. The van der Waals surface area contributed by atoms with Crippen LogP contribution in [0, 0.1) is 5.92 Å². The predicted octanol–water partition coefficient (Wildman–Crippen LogP) is 0.799. The molecule has 20 heavy (non-hydrogen) atoms. The Balaban J connectivity index is 1.78. The Morgan fingerprint density at radius 1 is 0.950 bits per heavy atom. The average Bonchev–Trinajstić information content (AvgIpc) is 2.65. The van der Waals surface area contributed by atoms with Gasteiger partial charge in [0.15, 0.2) is 0 Å². The van der Waals surface area contributed by atoms with E-state index in [1.807, 2.05) is 9.80 Å². The van der Waals surface area contributed by atoms with Gasteiger partial charge in [0.05, 0.1) is 6.54 Å². The summed E-state index contributed by atoms with van der Waals surface area (Å²) < 4.78 is 0. The van der Waals surface area contributed by atoms with Gasteiger partial charge in [-0.1, -0.05) is 6.92 Å². The second kappa shape index (κ2) is 7.07. The van der Waals surface area contributed by atoms with Crippen LogP contribution in [0.2, 0.25) is 0 Å². The van der Waals surface area contributed by atoms with Gasteiger partial charge >= 0.3 is 0 Å². The molecule has 0 atom stereocenters. The van der Waals surface area contributed by atoms with Crippen LogP contribution in [0.5, 0.6) is 0 Å². The molecule has 2 amide bonds. The van der Waals surface area contributed by atoms with Crippen LogP contribution in [-0.4, -0.2) is 72.3 Å². The Morgan fingerprint density at radius 2 is 1.65 bits per heavy atom. The lowest BCUT2D eigenvalue weighted by molar-refractivity contribution is -0.133. The first-order chi connectivity index (χ1) is 9.56. The number of carbonyl (C=O) groups excluding carboxylic acids is 2. The normalized spacial score (nSPS) is 22.7. The molecule has 114 valence electrons. The number of rotatable bonds is 2. The van der Waals surface area contributed by atoms with Gasteiger partial charge in [0, 0.05) is 46.2 Å². The minimum Gasteiger partial charge on any atom is -0.342 e. The summed E-state index contributed by atoms with van der Waals surface area (Å²) in [7, 11) is 0. The van der Waals surface area contributed by atoms with Gasteiger partial charge in [-0.2, -0.15) is 0 Å². The minimum absolute atomic E-state index is 0.142. The van der Waals surface area contributed by atoms with E-state index in [4.69, 9.17) is 0 Å². The topological polar surface area (TPSA) is 43.9 Å². The molecule has 2 aliphatic rings. The first-order valence-electron chi connectivity index (χ1n) is 7.82. The molecule has 5 nitrogen and oxygen atoms in total. The molecule has 0 N–H and O–H groups in total. The maximum Gasteiger partial charge on any atom is 0.236 e. The monoisotopic (exact) mass is 281 g/mol. The quantitative estimate of drug-likeness (QED) is 0.752. The predicted molar refractivity (Wildman–Crippen MR) is 78.3 cm³/mol. The molecule has 0 spiro atoms. The summed E-state index contributed by atoms with van der Waals surface area (Å²) in [4.78, 5) is 29.8. The molecule has 0 aliphatic carbocycles. The lowest BCUT2D eigenvalue weighted by atomic mass is 9.99. The van der Waals surface area contributed by atoms with Gasteiger partial charge in [-0.25, -0.2) is 0 Å². The molecule has 0 unspecified atom stereocenters. The van der Waals surface area contributed by atoms with Gasteiger partial charge in [0.25, 0.3) is 0 Å². The second-order valence-electron chi connectivity index (χ2n) is 6.20. The van der Waals surface area contributed by atoms with Gasteiger partial charge in [-0.3, -0.25) is 14.5 Å².